The van der Waals surface area contributed by atoms with E-state index in [0.717, 1.165) is 19.5 Å². The van der Waals surface area contributed by atoms with Gasteiger partial charge in [0.2, 0.25) is 0 Å². The molecule has 0 saturated carbocycles. The van der Waals surface area contributed by atoms with Crippen molar-refractivity contribution in [1.82, 2.24) is 4.90 Å². The van der Waals surface area contributed by atoms with Gasteiger partial charge in [0.05, 0.1) is 5.56 Å². The number of rotatable bonds is 11. The Morgan fingerprint density at radius 1 is 0.900 bits per heavy atom. The van der Waals surface area contributed by atoms with E-state index >= 15 is 0 Å². The second kappa shape index (κ2) is 11.3. The number of ketones is 1. The van der Waals surface area contributed by atoms with E-state index in [0.29, 0.717) is 17.9 Å². The molecule has 0 fully saturated rings. The minimum atomic E-state index is -0.663. The molecule has 0 aliphatic rings. The van der Waals surface area contributed by atoms with Gasteiger partial charge < -0.3 is 9.84 Å². The fraction of sp³-hybridized carbons (Fsp3) is 0.269. The van der Waals surface area contributed by atoms with Crippen LogP contribution in [0.5, 0.6) is 5.75 Å². The van der Waals surface area contributed by atoms with Crippen LogP contribution in [0.15, 0.2) is 84.9 Å². The summed E-state index contributed by atoms with van der Waals surface area (Å²) in [5.41, 5.74) is 3.02. The van der Waals surface area contributed by atoms with Crippen molar-refractivity contribution >= 4 is 5.78 Å². The third kappa shape index (κ3) is 6.83. The highest BCUT2D eigenvalue weighted by molar-refractivity contribution is 5.96. The van der Waals surface area contributed by atoms with Gasteiger partial charge in [-0.05, 0) is 36.6 Å². The van der Waals surface area contributed by atoms with E-state index in [2.05, 4.69) is 29.2 Å². The molecule has 0 unspecified atom stereocenters. The summed E-state index contributed by atoms with van der Waals surface area (Å²) in [5.74, 6) is 0.469. The van der Waals surface area contributed by atoms with Gasteiger partial charge in [0, 0.05) is 19.6 Å². The van der Waals surface area contributed by atoms with Crippen LogP contribution in [0.1, 0.15) is 28.4 Å². The molecular formula is C26H29NO3. The maximum absolute atomic E-state index is 11.8. The number of Topliss-reactive ketones (excluding diaryl/α,β-unsaturated/α-hetero) is 1. The predicted octanol–water partition coefficient (Wildman–Crippen LogP) is 4.37. The van der Waals surface area contributed by atoms with Gasteiger partial charge in [-0.2, -0.15) is 0 Å². The molecule has 4 heteroatoms. The molecule has 1 N–H and O–H groups in total. The number of nitrogens with zero attached hydrogens (tertiary/aromatic N) is 1. The molecule has 0 aliphatic heterocycles. The Balaban J connectivity index is 1.60. The van der Waals surface area contributed by atoms with Crippen molar-refractivity contribution in [1.29, 1.82) is 0 Å². The first-order chi connectivity index (χ1) is 14.6. The average molecular weight is 404 g/mol. The molecule has 0 radical (unpaired) electrons. The normalized spacial score (nSPS) is 12.0. The first-order valence-corrected chi connectivity index (χ1v) is 10.3. The third-order valence-corrected chi connectivity index (χ3v) is 4.98. The highest BCUT2D eigenvalue weighted by Gasteiger charge is 2.15. The molecule has 3 aromatic rings. The minimum Gasteiger partial charge on any atom is -0.490 e. The highest BCUT2D eigenvalue weighted by atomic mass is 16.5. The number of para-hydroxylation sites is 1. The van der Waals surface area contributed by atoms with Crippen molar-refractivity contribution in [3.05, 3.63) is 102 Å². The van der Waals surface area contributed by atoms with Crippen LogP contribution in [0.2, 0.25) is 0 Å². The quantitative estimate of drug-likeness (QED) is 0.483. The highest BCUT2D eigenvalue weighted by Crippen LogP contribution is 2.18. The molecule has 3 rings (SSSR count). The van der Waals surface area contributed by atoms with Gasteiger partial charge >= 0.3 is 0 Å². The molecule has 0 aliphatic carbocycles. The van der Waals surface area contributed by atoms with E-state index < -0.39 is 6.10 Å². The minimum absolute atomic E-state index is 0.0475. The number of benzene rings is 3. The molecular weight excluding hydrogens is 374 g/mol. The lowest BCUT2D eigenvalue weighted by Crippen LogP contribution is -2.36. The lowest BCUT2D eigenvalue weighted by Gasteiger charge is -2.25. The molecule has 0 bridgehead atoms. The number of carbonyl (C=O) groups excluding carboxylic acids is 1. The fourth-order valence-corrected chi connectivity index (χ4v) is 3.43. The van der Waals surface area contributed by atoms with Crippen LogP contribution in [0.4, 0.5) is 0 Å². The second-order valence-electron chi connectivity index (χ2n) is 7.47. The summed E-state index contributed by atoms with van der Waals surface area (Å²) in [7, 11) is 0. The SMILES string of the molecule is CC(=O)c1ccccc1OC[C@H](O)CN(CCc1ccccc1)Cc1ccccc1. The van der Waals surface area contributed by atoms with Gasteiger partial charge in [-0.15, -0.1) is 0 Å². The van der Waals surface area contributed by atoms with Gasteiger partial charge in [0.15, 0.2) is 5.78 Å². The van der Waals surface area contributed by atoms with Crippen LogP contribution < -0.4 is 4.74 Å². The van der Waals surface area contributed by atoms with Crippen molar-refractivity contribution in [2.45, 2.75) is 26.0 Å². The standard InChI is InChI=1S/C26H29NO3/c1-21(28)25-14-8-9-15-26(25)30-20-24(29)19-27(18-23-12-6-3-7-13-23)17-16-22-10-4-2-5-11-22/h2-15,24,29H,16-20H2,1H3/t24-/m1/s1. The lowest BCUT2D eigenvalue weighted by molar-refractivity contribution is 0.0652. The zero-order valence-corrected chi connectivity index (χ0v) is 17.4. The molecule has 0 spiro atoms. The number of ether oxygens (including phenoxy) is 1. The lowest BCUT2D eigenvalue weighted by atomic mass is 10.1. The van der Waals surface area contributed by atoms with Crippen molar-refractivity contribution in [2.75, 3.05) is 19.7 Å². The van der Waals surface area contributed by atoms with Gasteiger partial charge in [0.25, 0.3) is 0 Å². The molecule has 0 heterocycles. The van der Waals surface area contributed by atoms with Gasteiger partial charge in [-0.25, -0.2) is 0 Å². The first kappa shape index (κ1) is 21.8. The first-order valence-electron chi connectivity index (χ1n) is 10.3. The topological polar surface area (TPSA) is 49.8 Å². The van der Waals surface area contributed by atoms with Crippen LogP contribution in [0.25, 0.3) is 0 Å². The van der Waals surface area contributed by atoms with Crippen molar-refractivity contribution in [3.8, 4) is 5.75 Å². The van der Waals surface area contributed by atoms with E-state index in [1.165, 1.54) is 18.1 Å². The van der Waals surface area contributed by atoms with Crippen LogP contribution in [0.3, 0.4) is 0 Å². The van der Waals surface area contributed by atoms with Crippen LogP contribution in [0, 0.1) is 0 Å². The maximum atomic E-state index is 11.8. The Morgan fingerprint density at radius 3 is 2.17 bits per heavy atom. The average Bonchev–Trinajstić information content (AvgIpc) is 2.77. The number of carbonyl (C=O) groups is 1. The summed E-state index contributed by atoms with van der Waals surface area (Å²) in [4.78, 5) is 14.0. The predicted molar refractivity (Wildman–Crippen MR) is 120 cm³/mol. The van der Waals surface area contributed by atoms with Crippen molar-refractivity contribution < 1.29 is 14.6 Å². The zero-order valence-electron chi connectivity index (χ0n) is 17.4. The Morgan fingerprint density at radius 2 is 1.50 bits per heavy atom. The van der Waals surface area contributed by atoms with Gasteiger partial charge in [-0.1, -0.05) is 72.8 Å². The van der Waals surface area contributed by atoms with Gasteiger partial charge in [-0.3, -0.25) is 9.69 Å². The molecule has 0 saturated heterocycles. The van der Waals surface area contributed by atoms with Crippen LogP contribution >= 0.6 is 0 Å². The van der Waals surface area contributed by atoms with E-state index in [1.807, 2.05) is 48.5 Å². The summed E-state index contributed by atoms with van der Waals surface area (Å²) < 4.78 is 5.78. The smallest absolute Gasteiger partial charge is 0.163 e. The third-order valence-electron chi connectivity index (χ3n) is 4.98. The summed E-state index contributed by atoms with van der Waals surface area (Å²) in [5, 5.41) is 10.6. The summed E-state index contributed by atoms with van der Waals surface area (Å²) in [6.45, 7) is 3.74. The summed E-state index contributed by atoms with van der Waals surface area (Å²) in [6, 6.07) is 27.8. The van der Waals surface area contributed by atoms with E-state index in [9.17, 15) is 9.90 Å². The molecule has 30 heavy (non-hydrogen) atoms. The molecule has 4 nitrogen and oxygen atoms in total. The fourth-order valence-electron chi connectivity index (χ4n) is 3.43. The molecule has 156 valence electrons. The Labute approximate surface area is 178 Å². The van der Waals surface area contributed by atoms with E-state index in [-0.39, 0.29) is 12.4 Å². The number of hydrogen-bond donors (Lipinski definition) is 1. The largest absolute Gasteiger partial charge is 0.490 e. The van der Waals surface area contributed by atoms with Crippen LogP contribution in [-0.4, -0.2) is 41.6 Å². The zero-order chi connectivity index (χ0) is 21.2. The maximum Gasteiger partial charge on any atom is 0.163 e. The Hall–Kier alpha value is -2.95. The van der Waals surface area contributed by atoms with Crippen molar-refractivity contribution in [3.63, 3.8) is 0 Å². The number of aliphatic hydroxyl groups excluding tert-OH is 1. The number of aliphatic hydroxyl groups is 1. The van der Waals surface area contributed by atoms with E-state index in [4.69, 9.17) is 4.74 Å². The van der Waals surface area contributed by atoms with E-state index in [1.54, 1.807) is 12.1 Å². The summed E-state index contributed by atoms with van der Waals surface area (Å²) in [6.07, 6.45) is 0.249. The Kier molecular flexibility index (Phi) is 8.19. The summed E-state index contributed by atoms with van der Waals surface area (Å²) >= 11 is 0. The molecule has 0 aromatic heterocycles. The molecule has 1 atom stereocenters. The molecule has 3 aromatic carbocycles. The van der Waals surface area contributed by atoms with Crippen molar-refractivity contribution in [2.24, 2.45) is 0 Å². The second-order valence-corrected chi connectivity index (χ2v) is 7.47. The number of hydrogen-bond acceptors (Lipinski definition) is 4. The Bertz CT molecular complexity index is 912. The van der Waals surface area contributed by atoms with Gasteiger partial charge in [0.1, 0.15) is 18.5 Å². The monoisotopic (exact) mass is 403 g/mol. The molecule has 0 amide bonds. The van der Waals surface area contributed by atoms with Crippen LogP contribution in [-0.2, 0) is 13.0 Å².